The lowest BCUT2D eigenvalue weighted by atomic mass is 9.84. The zero-order chi connectivity index (χ0) is 62.2. The van der Waals surface area contributed by atoms with Crippen molar-refractivity contribution >= 4 is 65.5 Å². The van der Waals surface area contributed by atoms with Crippen LogP contribution < -0.4 is 0 Å². The van der Waals surface area contributed by atoms with E-state index in [1.54, 1.807) is 0 Å². The summed E-state index contributed by atoms with van der Waals surface area (Å²) in [6.45, 7) is 8.09. The quantitative estimate of drug-likeness (QED) is 0.0696. The average Bonchev–Trinajstić information content (AvgIpc) is 0.808. The van der Waals surface area contributed by atoms with Gasteiger partial charge in [-0.05, 0) is 36.0 Å². The summed E-state index contributed by atoms with van der Waals surface area (Å²) in [6.07, 6.45) is -23.0. The van der Waals surface area contributed by atoms with Crippen LogP contribution >= 0.6 is 11.8 Å². The Morgan fingerprint density at radius 2 is 0.721 bits per heavy atom. The molecule has 16 atom stereocenters. The molecule has 4 saturated heterocycles. The van der Waals surface area contributed by atoms with Gasteiger partial charge in [-0.15, -0.1) is 11.8 Å². The Kier molecular flexibility index (Phi) is 24.0. The van der Waals surface area contributed by atoms with Crippen LogP contribution in [0.4, 0.5) is 0 Å². The number of rotatable bonds is 23. The second kappa shape index (κ2) is 31.0. The lowest BCUT2D eigenvalue weighted by Gasteiger charge is -2.51. The number of carbonyl (C=O) groups excluding carboxylic acids is 9. The topological polar surface area (TPSA) is 301 Å². The number of thioether (sulfide) groups is 1. The highest BCUT2D eigenvalue weighted by molar-refractivity contribution is 8.01. The van der Waals surface area contributed by atoms with Crippen LogP contribution in [-0.4, -0.2) is 178 Å². The van der Waals surface area contributed by atoms with E-state index in [2.05, 4.69) is 0 Å². The van der Waals surface area contributed by atoms with Crippen molar-refractivity contribution < 1.29 is 119 Å². The Balaban J connectivity index is 1.35. The van der Waals surface area contributed by atoms with E-state index >= 15 is 0 Å². The maximum absolute atomic E-state index is 13.5. The van der Waals surface area contributed by atoms with Gasteiger partial charge in [-0.2, -0.15) is 0 Å². The van der Waals surface area contributed by atoms with Crippen molar-refractivity contribution in [1.29, 1.82) is 0 Å². The predicted octanol–water partition coefficient (Wildman–Crippen LogP) is 4.85. The lowest BCUT2D eigenvalue weighted by Crippen LogP contribution is -2.69. The van der Waals surface area contributed by atoms with Crippen LogP contribution in [0.2, 0.25) is 0 Å². The molecule has 86 heavy (non-hydrogen) atoms. The zero-order valence-electron chi connectivity index (χ0n) is 49.0. The highest BCUT2D eigenvalue weighted by atomic mass is 32.2. The third-order valence-electron chi connectivity index (χ3n) is 13.8. The molecule has 0 radical (unpaired) electrons. The third-order valence-corrected chi connectivity index (χ3v) is 15.5. The fourth-order valence-corrected chi connectivity index (χ4v) is 12.3. The molecular weight excluding hydrogens is 1150 g/mol. The van der Waals surface area contributed by atoms with Gasteiger partial charge in [0.15, 0.2) is 55.5 Å². The second-order valence-corrected chi connectivity index (χ2v) is 21.8. The van der Waals surface area contributed by atoms with Gasteiger partial charge in [0.25, 0.3) is 0 Å². The third kappa shape index (κ3) is 17.6. The molecule has 468 valence electrons. The Morgan fingerprint density at radius 3 is 1.06 bits per heavy atom. The number of ether oxygens (including phenoxy) is 16. The van der Waals surface area contributed by atoms with Crippen molar-refractivity contribution in [2.75, 3.05) is 26.4 Å². The molecule has 0 N–H and O–H groups in total. The molecule has 4 aliphatic rings. The molecule has 4 heterocycles. The molecule has 0 aliphatic carbocycles. The van der Waals surface area contributed by atoms with Crippen LogP contribution in [0.3, 0.4) is 0 Å². The number of benzene rings is 3. The first kappa shape index (κ1) is 66.5. The van der Waals surface area contributed by atoms with Crippen molar-refractivity contribution in [2.45, 2.75) is 184 Å². The smallest absolute Gasteiger partial charge is 0.303 e. The van der Waals surface area contributed by atoms with Crippen LogP contribution in [0.1, 0.15) is 98.3 Å². The summed E-state index contributed by atoms with van der Waals surface area (Å²) in [5.41, 5.74) is 0.922. The summed E-state index contributed by atoms with van der Waals surface area (Å²) >= 11 is 1.18. The fourth-order valence-electron chi connectivity index (χ4n) is 10.6. The first-order chi connectivity index (χ1) is 41.0. The predicted molar refractivity (Wildman–Crippen MR) is 294 cm³/mol. The molecule has 26 heteroatoms. The Labute approximate surface area is 500 Å². The molecule has 0 spiro atoms. The normalized spacial score (nSPS) is 29.1. The highest BCUT2D eigenvalue weighted by Crippen LogP contribution is 2.53. The number of hydrogen-bond donors (Lipinski definition) is 0. The molecule has 7 unspecified atom stereocenters. The molecule has 4 aliphatic heterocycles. The molecule has 25 nitrogen and oxygen atoms in total. The highest BCUT2D eigenvalue weighted by Gasteiger charge is 2.61. The van der Waals surface area contributed by atoms with Gasteiger partial charge in [0.2, 0.25) is 0 Å². The van der Waals surface area contributed by atoms with Gasteiger partial charge in [-0.3, -0.25) is 43.2 Å². The van der Waals surface area contributed by atoms with Crippen LogP contribution in [0.25, 0.3) is 0 Å². The largest absolute Gasteiger partial charge is 0.463 e. The minimum atomic E-state index is -2.01. The molecule has 3 aromatic carbocycles. The van der Waals surface area contributed by atoms with E-state index in [9.17, 15) is 43.2 Å². The molecule has 3 aromatic rings. The standard InChI is InChI=1S/C60H72O25S/c1-32(61)71-29-44-48(83-47-27-19-20-28-70-47)51(74-35(4)64)54(77-38(7)67)57(80-44)84-49-45(30-72-33(2)62)81-58(55(78-39(8)68)52(49)75-36(5)65)85-50-46(31-73-34(3)63)82-59(56(79-40(9)69)53(50)76-37(6)66)86-60(41-21-13-10-14-22-41,42-23-15-11-16-24-42)43-25-17-12-18-26-43/h10-18,21-26,44-59H,19-20,27-31H2,1-9H3/t44?,45?,46?,47?,48-,49-,50-,51+,52+,53+,54?,55?,56?,57-,58-,59-/m1/s1. The van der Waals surface area contributed by atoms with Crippen molar-refractivity contribution in [3.8, 4) is 0 Å². The molecule has 4 fully saturated rings. The van der Waals surface area contributed by atoms with E-state index in [1.807, 2.05) is 91.0 Å². The van der Waals surface area contributed by atoms with Crippen molar-refractivity contribution in [1.82, 2.24) is 0 Å². The number of esters is 9. The Bertz CT molecular complexity index is 2700. The van der Waals surface area contributed by atoms with Crippen LogP contribution in [0.15, 0.2) is 91.0 Å². The molecule has 0 amide bonds. The number of hydrogen-bond acceptors (Lipinski definition) is 26. The van der Waals surface area contributed by atoms with E-state index in [1.165, 1.54) is 11.8 Å². The van der Waals surface area contributed by atoms with Gasteiger partial charge in [-0.25, -0.2) is 0 Å². The summed E-state index contributed by atoms with van der Waals surface area (Å²) in [6, 6.07) is 28.2. The number of carbonyl (C=O) groups is 9. The molecule has 7 rings (SSSR count). The summed E-state index contributed by atoms with van der Waals surface area (Å²) in [5.74, 6) is -7.99. The van der Waals surface area contributed by atoms with Crippen molar-refractivity contribution in [2.24, 2.45) is 0 Å². The zero-order valence-corrected chi connectivity index (χ0v) is 49.8. The van der Waals surface area contributed by atoms with Gasteiger partial charge in [-0.1, -0.05) is 91.0 Å². The first-order valence-electron chi connectivity index (χ1n) is 27.9. The van der Waals surface area contributed by atoms with E-state index in [4.69, 9.17) is 75.8 Å². The van der Waals surface area contributed by atoms with Crippen LogP contribution in [0.5, 0.6) is 0 Å². The lowest BCUT2D eigenvalue weighted by molar-refractivity contribution is -0.378. The van der Waals surface area contributed by atoms with Crippen molar-refractivity contribution in [3.05, 3.63) is 108 Å². The van der Waals surface area contributed by atoms with Gasteiger partial charge in [0.05, 0.1) is 4.75 Å². The first-order valence-corrected chi connectivity index (χ1v) is 28.7. The van der Waals surface area contributed by atoms with E-state index in [0.717, 1.165) is 85.4 Å². The maximum Gasteiger partial charge on any atom is 0.303 e. The fraction of sp³-hybridized carbons (Fsp3) is 0.550. The summed E-state index contributed by atoms with van der Waals surface area (Å²) in [4.78, 5) is 118. The van der Waals surface area contributed by atoms with E-state index in [0.29, 0.717) is 19.4 Å². The molecular formula is C60H72O25S. The Hall–Kier alpha value is -7.04. The minimum absolute atomic E-state index is 0.317. The summed E-state index contributed by atoms with van der Waals surface area (Å²) < 4.78 is 96.8. The van der Waals surface area contributed by atoms with Gasteiger partial charge in [0.1, 0.15) is 61.9 Å². The van der Waals surface area contributed by atoms with Gasteiger partial charge < -0.3 is 75.8 Å². The molecule has 0 saturated carbocycles. The molecule has 0 bridgehead atoms. The monoisotopic (exact) mass is 1220 g/mol. The van der Waals surface area contributed by atoms with Crippen molar-refractivity contribution in [3.63, 3.8) is 0 Å². The molecule has 0 aromatic heterocycles. The van der Waals surface area contributed by atoms with Gasteiger partial charge >= 0.3 is 53.7 Å². The van der Waals surface area contributed by atoms with Gasteiger partial charge in [0, 0.05) is 68.9 Å². The second-order valence-electron chi connectivity index (χ2n) is 20.5. The average molecular weight is 1230 g/mol. The minimum Gasteiger partial charge on any atom is -0.463 e. The SMILES string of the molecule is CC(=O)OCC1O[C@H](O[C@@H]2C(COC(C)=O)O[C@H](O[C@@H]3C(COC(C)=O)O[C@H](SC(c4ccccc4)(c4ccccc4)c4ccccc4)C(OC(C)=O)[C@H]3OC(C)=O)C(OC(C)=O)[C@H]2OC(C)=O)C(OC(C)=O)[C@@H](OC(C)=O)[C@@H]1OC1CCCCO1. The van der Waals surface area contributed by atoms with Crippen LogP contribution in [0, 0.1) is 0 Å². The summed E-state index contributed by atoms with van der Waals surface area (Å²) in [7, 11) is 0. The van der Waals surface area contributed by atoms with E-state index in [-0.39, 0.29) is 0 Å². The summed E-state index contributed by atoms with van der Waals surface area (Å²) in [5, 5.41) is 0. The Morgan fingerprint density at radius 1 is 0.395 bits per heavy atom. The maximum atomic E-state index is 13.5. The van der Waals surface area contributed by atoms with E-state index < -0.39 is 176 Å². The van der Waals surface area contributed by atoms with Crippen LogP contribution in [-0.2, 0) is 124 Å².